The van der Waals surface area contributed by atoms with E-state index < -0.39 is 15.9 Å². The van der Waals surface area contributed by atoms with Crippen LogP contribution in [-0.2, 0) is 10.0 Å². The van der Waals surface area contributed by atoms with Crippen molar-refractivity contribution in [2.75, 3.05) is 5.32 Å². The molecule has 1 aliphatic carbocycles. The van der Waals surface area contributed by atoms with Gasteiger partial charge >= 0.3 is 0 Å². The van der Waals surface area contributed by atoms with Gasteiger partial charge in [0.05, 0.1) is 4.90 Å². The number of anilines is 1. The Kier molecular flexibility index (Phi) is 5.81. The standard InChI is InChI=1S/C20H23N3O4S/c1-13(2)23-28(26,27)18-5-3-4-15(12-18)20(25)22-16-8-6-14(7-9-16)19(24)21-17-10-11-17/h3-9,12-13,17,23H,10-11H2,1-2H3,(H,21,24)(H,22,25). The summed E-state index contributed by atoms with van der Waals surface area (Å²) in [6, 6.07) is 12.4. The number of carbonyl (C=O) groups excluding carboxylic acids is 2. The molecule has 0 aromatic heterocycles. The lowest BCUT2D eigenvalue weighted by Gasteiger charge is -2.11. The first-order valence-electron chi connectivity index (χ1n) is 9.09. The summed E-state index contributed by atoms with van der Waals surface area (Å²) in [6.45, 7) is 3.45. The SMILES string of the molecule is CC(C)NS(=O)(=O)c1cccc(C(=O)Nc2ccc(C(=O)NC3CC3)cc2)c1. The number of carbonyl (C=O) groups is 2. The van der Waals surface area contributed by atoms with E-state index in [0.29, 0.717) is 11.3 Å². The van der Waals surface area contributed by atoms with E-state index in [9.17, 15) is 18.0 Å². The average molecular weight is 401 g/mol. The fourth-order valence-corrected chi connectivity index (χ4v) is 3.88. The molecule has 0 atom stereocenters. The fourth-order valence-electron chi connectivity index (χ4n) is 2.59. The first-order valence-corrected chi connectivity index (χ1v) is 10.6. The van der Waals surface area contributed by atoms with Crippen LogP contribution in [0.25, 0.3) is 0 Å². The number of rotatable bonds is 7. The van der Waals surface area contributed by atoms with Crippen LogP contribution in [0.3, 0.4) is 0 Å². The molecule has 1 aliphatic rings. The van der Waals surface area contributed by atoms with Crippen LogP contribution >= 0.6 is 0 Å². The largest absolute Gasteiger partial charge is 0.349 e. The predicted molar refractivity (Wildman–Crippen MR) is 107 cm³/mol. The predicted octanol–water partition coefficient (Wildman–Crippen LogP) is 2.52. The summed E-state index contributed by atoms with van der Waals surface area (Å²) in [7, 11) is -3.68. The van der Waals surface area contributed by atoms with Crippen LogP contribution in [0.15, 0.2) is 53.4 Å². The molecule has 2 aromatic carbocycles. The summed E-state index contributed by atoms with van der Waals surface area (Å²) in [5.41, 5.74) is 1.27. The Morgan fingerprint density at radius 2 is 1.64 bits per heavy atom. The van der Waals surface area contributed by atoms with Crippen molar-refractivity contribution >= 4 is 27.5 Å². The van der Waals surface area contributed by atoms with E-state index in [0.717, 1.165) is 12.8 Å². The normalized spacial score (nSPS) is 14.0. The van der Waals surface area contributed by atoms with Gasteiger partial charge in [0.25, 0.3) is 11.8 Å². The maximum atomic E-state index is 12.5. The Balaban J connectivity index is 1.69. The molecular weight excluding hydrogens is 378 g/mol. The quantitative estimate of drug-likeness (QED) is 0.663. The molecule has 3 rings (SSSR count). The highest BCUT2D eigenvalue weighted by molar-refractivity contribution is 7.89. The summed E-state index contributed by atoms with van der Waals surface area (Å²) in [6.07, 6.45) is 2.03. The van der Waals surface area contributed by atoms with E-state index in [-0.39, 0.29) is 28.4 Å². The second kappa shape index (κ2) is 8.12. The minimum Gasteiger partial charge on any atom is -0.349 e. The van der Waals surface area contributed by atoms with Gasteiger partial charge in [-0.15, -0.1) is 0 Å². The Morgan fingerprint density at radius 1 is 0.964 bits per heavy atom. The Bertz CT molecular complexity index is 981. The molecule has 0 unspecified atom stereocenters. The van der Waals surface area contributed by atoms with Gasteiger partial charge in [-0.25, -0.2) is 13.1 Å². The van der Waals surface area contributed by atoms with Crippen molar-refractivity contribution in [1.29, 1.82) is 0 Å². The van der Waals surface area contributed by atoms with Crippen LogP contribution in [0, 0.1) is 0 Å². The van der Waals surface area contributed by atoms with Crippen LogP contribution in [0.1, 0.15) is 47.4 Å². The van der Waals surface area contributed by atoms with Crippen molar-refractivity contribution < 1.29 is 18.0 Å². The van der Waals surface area contributed by atoms with E-state index in [1.807, 2.05) is 0 Å². The van der Waals surface area contributed by atoms with Gasteiger partial charge in [0.15, 0.2) is 0 Å². The number of hydrogen-bond acceptors (Lipinski definition) is 4. The molecule has 1 saturated carbocycles. The van der Waals surface area contributed by atoms with Gasteiger partial charge < -0.3 is 10.6 Å². The molecule has 0 bridgehead atoms. The summed E-state index contributed by atoms with van der Waals surface area (Å²) < 4.78 is 27.0. The number of hydrogen-bond donors (Lipinski definition) is 3. The zero-order chi connectivity index (χ0) is 20.3. The van der Waals surface area contributed by atoms with Gasteiger partial charge in [-0.3, -0.25) is 9.59 Å². The third-order valence-electron chi connectivity index (χ3n) is 4.11. The molecule has 0 aliphatic heterocycles. The molecule has 1 fully saturated rings. The van der Waals surface area contributed by atoms with E-state index in [2.05, 4.69) is 15.4 Å². The maximum Gasteiger partial charge on any atom is 0.255 e. The minimum absolute atomic E-state index is 0.0287. The molecule has 2 amide bonds. The Labute approximate surface area is 164 Å². The van der Waals surface area contributed by atoms with Crippen molar-refractivity contribution in [2.24, 2.45) is 0 Å². The molecule has 28 heavy (non-hydrogen) atoms. The summed E-state index contributed by atoms with van der Waals surface area (Å²) in [5.74, 6) is -0.562. The maximum absolute atomic E-state index is 12.5. The minimum atomic E-state index is -3.68. The molecule has 0 spiro atoms. The number of benzene rings is 2. The Morgan fingerprint density at radius 3 is 2.25 bits per heavy atom. The zero-order valence-electron chi connectivity index (χ0n) is 15.7. The highest BCUT2D eigenvalue weighted by Crippen LogP contribution is 2.20. The number of nitrogens with one attached hydrogen (secondary N) is 3. The average Bonchev–Trinajstić information content (AvgIpc) is 3.45. The van der Waals surface area contributed by atoms with Crippen molar-refractivity contribution in [3.8, 4) is 0 Å². The molecule has 2 aromatic rings. The van der Waals surface area contributed by atoms with Gasteiger partial charge in [0.2, 0.25) is 10.0 Å². The molecule has 7 nitrogen and oxygen atoms in total. The van der Waals surface area contributed by atoms with Crippen LogP contribution in [-0.4, -0.2) is 32.3 Å². The second-order valence-electron chi connectivity index (χ2n) is 7.08. The highest BCUT2D eigenvalue weighted by Gasteiger charge is 2.23. The first kappa shape index (κ1) is 20.0. The monoisotopic (exact) mass is 401 g/mol. The fraction of sp³-hybridized carbons (Fsp3) is 0.300. The first-order chi connectivity index (χ1) is 13.2. The molecule has 8 heteroatoms. The molecule has 0 heterocycles. The third kappa shape index (κ3) is 5.17. The van der Waals surface area contributed by atoms with Crippen molar-refractivity contribution in [3.05, 3.63) is 59.7 Å². The van der Waals surface area contributed by atoms with Crippen LogP contribution in [0.5, 0.6) is 0 Å². The number of amides is 2. The molecule has 0 radical (unpaired) electrons. The molecule has 0 saturated heterocycles. The van der Waals surface area contributed by atoms with E-state index in [1.54, 1.807) is 44.2 Å². The lowest BCUT2D eigenvalue weighted by atomic mass is 10.1. The molecule has 3 N–H and O–H groups in total. The van der Waals surface area contributed by atoms with E-state index in [1.165, 1.54) is 18.2 Å². The summed E-state index contributed by atoms with van der Waals surface area (Å²) >= 11 is 0. The van der Waals surface area contributed by atoms with Gasteiger partial charge in [0.1, 0.15) is 0 Å². The van der Waals surface area contributed by atoms with Crippen molar-refractivity contribution in [2.45, 2.75) is 43.7 Å². The third-order valence-corrected chi connectivity index (χ3v) is 5.77. The van der Waals surface area contributed by atoms with Crippen LogP contribution < -0.4 is 15.4 Å². The van der Waals surface area contributed by atoms with E-state index in [4.69, 9.17) is 0 Å². The Hall–Kier alpha value is -2.71. The van der Waals surface area contributed by atoms with Crippen molar-refractivity contribution in [1.82, 2.24) is 10.0 Å². The number of sulfonamides is 1. The lowest BCUT2D eigenvalue weighted by Crippen LogP contribution is -2.30. The highest BCUT2D eigenvalue weighted by atomic mass is 32.2. The van der Waals surface area contributed by atoms with Crippen molar-refractivity contribution in [3.63, 3.8) is 0 Å². The van der Waals surface area contributed by atoms with Gasteiger partial charge in [-0.2, -0.15) is 0 Å². The van der Waals surface area contributed by atoms with Gasteiger partial charge in [-0.05, 0) is 69.2 Å². The summed E-state index contributed by atoms with van der Waals surface area (Å²) in [5, 5.41) is 5.61. The zero-order valence-corrected chi connectivity index (χ0v) is 16.5. The lowest BCUT2D eigenvalue weighted by molar-refractivity contribution is 0.0950. The second-order valence-corrected chi connectivity index (χ2v) is 8.80. The van der Waals surface area contributed by atoms with Crippen LogP contribution in [0.4, 0.5) is 5.69 Å². The topological polar surface area (TPSA) is 104 Å². The molecular formula is C20H23N3O4S. The smallest absolute Gasteiger partial charge is 0.255 e. The van der Waals surface area contributed by atoms with Gasteiger partial charge in [0, 0.05) is 28.9 Å². The van der Waals surface area contributed by atoms with Gasteiger partial charge in [-0.1, -0.05) is 6.07 Å². The van der Waals surface area contributed by atoms with Crippen LogP contribution in [0.2, 0.25) is 0 Å². The molecule has 148 valence electrons. The summed E-state index contributed by atoms with van der Waals surface area (Å²) in [4.78, 5) is 24.5. The van der Waals surface area contributed by atoms with E-state index >= 15 is 0 Å².